The van der Waals surface area contributed by atoms with Crippen LogP contribution in [0.25, 0.3) is 0 Å². The van der Waals surface area contributed by atoms with Crippen molar-refractivity contribution in [2.75, 3.05) is 12.4 Å². The van der Waals surface area contributed by atoms with Crippen LogP contribution in [-0.4, -0.2) is 40.1 Å². The van der Waals surface area contributed by atoms with Crippen molar-refractivity contribution in [1.82, 2.24) is 15.1 Å². The molecular formula is C11H13ClF3N3O3S. The van der Waals surface area contributed by atoms with Gasteiger partial charge >= 0.3 is 12.1 Å². The second-order valence-electron chi connectivity index (χ2n) is 4.09. The molecule has 0 unspecified atom stereocenters. The van der Waals surface area contributed by atoms with Crippen molar-refractivity contribution in [3.8, 4) is 0 Å². The van der Waals surface area contributed by atoms with Gasteiger partial charge in [0.2, 0.25) is 0 Å². The molecule has 1 aromatic rings. The van der Waals surface area contributed by atoms with E-state index >= 15 is 0 Å². The largest absolute Gasteiger partial charge is 0.464 e. The van der Waals surface area contributed by atoms with Gasteiger partial charge in [0.15, 0.2) is 11.4 Å². The molecule has 0 saturated carbocycles. The van der Waals surface area contributed by atoms with Crippen molar-refractivity contribution in [3.63, 3.8) is 0 Å². The van der Waals surface area contributed by atoms with E-state index < -0.39 is 40.5 Å². The second-order valence-corrected chi connectivity index (χ2v) is 4.84. The van der Waals surface area contributed by atoms with E-state index in [1.54, 1.807) is 6.92 Å². The number of halogens is 4. The summed E-state index contributed by atoms with van der Waals surface area (Å²) in [6.45, 7) is 1.65. The van der Waals surface area contributed by atoms with E-state index in [0.717, 1.165) is 7.05 Å². The van der Waals surface area contributed by atoms with Crippen LogP contribution in [0, 0.1) is 0 Å². The molecular weight excluding hydrogens is 347 g/mol. The number of thiol groups is 1. The highest BCUT2D eigenvalue weighted by Crippen LogP contribution is 2.35. The smallest absolute Gasteiger partial charge is 0.434 e. The molecule has 22 heavy (non-hydrogen) atoms. The zero-order valence-electron chi connectivity index (χ0n) is 11.6. The van der Waals surface area contributed by atoms with Crippen LogP contribution < -0.4 is 5.32 Å². The number of rotatable bonds is 5. The standard InChI is InChI=1S/C11H13ClF3N3O3S/c1-3-21-10(20)5(4-22)16-9(19)7-6(12)8(11(13,14)15)18(2)17-7/h5,22H,3-4H2,1-2H3,(H,16,19)/t5-/m0/s1. The Balaban J connectivity index is 3.02. The molecule has 1 heterocycles. The highest BCUT2D eigenvalue weighted by molar-refractivity contribution is 7.80. The van der Waals surface area contributed by atoms with Crippen molar-refractivity contribution >= 4 is 36.1 Å². The lowest BCUT2D eigenvalue weighted by Crippen LogP contribution is -2.43. The van der Waals surface area contributed by atoms with Crippen molar-refractivity contribution in [1.29, 1.82) is 0 Å². The fraction of sp³-hybridized carbons (Fsp3) is 0.545. The van der Waals surface area contributed by atoms with Gasteiger partial charge in [-0.25, -0.2) is 4.79 Å². The SMILES string of the molecule is CCOC(=O)[C@H](CS)NC(=O)c1nn(C)c(C(F)(F)F)c1Cl. The maximum absolute atomic E-state index is 12.8. The zero-order valence-corrected chi connectivity index (χ0v) is 13.2. The number of amides is 1. The summed E-state index contributed by atoms with van der Waals surface area (Å²) < 4.78 is 43.5. The molecule has 0 saturated heterocycles. The third-order valence-corrected chi connectivity index (χ3v) is 3.26. The summed E-state index contributed by atoms with van der Waals surface area (Å²) in [5.74, 6) is -1.88. The van der Waals surface area contributed by atoms with E-state index in [4.69, 9.17) is 16.3 Å². The van der Waals surface area contributed by atoms with Crippen molar-refractivity contribution < 1.29 is 27.5 Å². The second kappa shape index (κ2) is 7.23. The summed E-state index contributed by atoms with van der Waals surface area (Å²) >= 11 is 9.46. The number of aryl methyl sites for hydroxylation is 1. The van der Waals surface area contributed by atoms with Crippen LogP contribution >= 0.6 is 24.2 Å². The lowest BCUT2D eigenvalue weighted by molar-refractivity contribution is -0.145. The Morgan fingerprint density at radius 2 is 2.09 bits per heavy atom. The highest BCUT2D eigenvalue weighted by Gasteiger charge is 2.40. The van der Waals surface area contributed by atoms with E-state index in [1.165, 1.54) is 0 Å². The van der Waals surface area contributed by atoms with Gasteiger partial charge in [-0.05, 0) is 6.92 Å². The first-order valence-electron chi connectivity index (χ1n) is 6.01. The summed E-state index contributed by atoms with van der Waals surface area (Å²) in [5, 5.41) is 4.79. The van der Waals surface area contributed by atoms with Crippen LogP contribution in [0.5, 0.6) is 0 Å². The number of hydrogen-bond donors (Lipinski definition) is 2. The summed E-state index contributed by atoms with van der Waals surface area (Å²) in [4.78, 5) is 23.5. The van der Waals surface area contributed by atoms with Gasteiger partial charge in [0.25, 0.3) is 5.91 Å². The summed E-state index contributed by atoms with van der Waals surface area (Å²) in [5.41, 5.74) is -1.88. The molecule has 124 valence electrons. The molecule has 1 aromatic heterocycles. The number of nitrogens with zero attached hydrogens (tertiary/aromatic N) is 2. The number of carbonyl (C=O) groups excluding carboxylic acids is 2. The molecule has 6 nitrogen and oxygen atoms in total. The minimum atomic E-state index is -4.76. The molecule has 0 aliphatic carbocycles. The fourth-order valence-electron chi connectivity index (χ4n) is 1.60. The van der Waals surface area contributed by atoms with Gasteiger partial charge in [-0.2, -0.15) is 30.9 Å². The Bertz CT molecular complexity index is 577. The van der Waals surface area contributed by atoms with E-state index in [1.807, 2.05) is 0 Å². The molecule has 0 bridgehead atoms. The maximum Gasteiger partial charge on any atom is 0.434 e. The van der Waals surface area contributed by atoms with Gasteiger partial charge in [0.1, 0.15) is 11.1 Å². The zero-order chi connectivity index (χ0) is 17.1. The number of aromatic nitrogens is 2. The molecule has 0 aliphatic heterocycles. The number of ether oxygens (including phenoxy) is 1. The first kappa shape index (κ1) is 18.6. The van der Waals surface area contributed by atoms with Crippen LogP contribution in [0.3, 0.4) is 0 Å². The molecule has 0 aromatic carbocycles. The average Bonchev–Trinajstić information content (AvgIpc) is 2.70. The predicted octanol–water partition coefficient (Wildman–Crippen LogP) is 1.68. The lowest BCUT2D eigenvalue weighted by Gasteiger charge is -2.14. The summed E-state index contributed by atoms with van der Waals surface area (Å²) in [7, 11) is 1.01. The van der Waals surface area contributed by atoms with Crippen LogP contribution in [-0.2, 0) is 22.8 Å². The normalized spacial score (nSPS) is 12.9. The Labute approximate surface area is 134 Å². The number of esters is 1. The molecule has 0 fully saturated rings. The molecule has 0 spiro atoms. The Morgan fingerprint density at radius 3 is 2.50 bits per heavy atom. The average molecular weight is 360 g/mol. The third kappa shape index (κ3) is 4.07. The van der Waals surface area contributed by atoms with Crippen molar-refractivity contribution in [3.05, 3.63) is 16.4 Å². The quantitative estimate of drug-likeness (QED) is 0.620. The van der Waals surface area contributed by atoms with E-state index in [9.17, 15) is 22.8 Å². The first-order valence-corrected chi connectivity index (χ1v) is 7.02. The number of alkyl halides is 3. The first-order chi connectivity index (χ1) is 10.1. The van der Waals surface area contributed by atoms with E-state index in [0.29, 0.717) is 4.68 Å². The fourth-order valence-corrected chi connectivity index (χ4v) is 2.19. The topological polar surface area (TPSA) is 73.2 Å². The molecule has 0 radical (unpaired) electrons. The van der Waals surface area contributed by atoms with Crippen molar-refractivity contribution in [2.24, 2.45) is 7.05 Å². The van der Waals surface area contributed by atoms with Crippen molar-refractivity contribution in [2.45, 2.75) is 19.1 Å². The number of nitrogens with one attached hydrogen (secondary N) is 1. The summed E-state index contributed by atoms with van der Waals surface area (Å²) in [6, 6.07) is -1.12. The van der Waals surface area contributed by atoms with Crippen LogP contribution in [0.1, 0.15) is 23.1 Å². The monoisotopic (exact) mass is 359 g/mol. The van der Waals surface area contributed by atoms with Gasteiger partial charge in [-0.3, -0.25) is 9.48 Å². The number of hydrogen-bond acceptors (Lipinski definition) is 5. The Morgan fingerprint density at radius 1 is 1.50 bits per heavy atom. The van der Waals surface area contributed by atoms with E-state index in [2.05, 4.69) is 23.0 Å². The minimum absolute atomic E-state index is 0.0849. The molecule has 1 atom stereocenters. The predicted molar refractivity (Wildman–Crippen MR) is 75.0 cm³/mol. The summed E-state index contributed by atoms with van der Waals surface area (Å²) in [6.07, 6.45) is -4.76. The Kier molecular flexibility index (Phi) is 6.12. The molecule has 1 N–H and O–H groups in total. The van der Waals surface area contributed by atoms with Crippen LogP contribution in [0.4, 0.5) is 13.2 Å². The molecule has 11 heteroatoms. The van der Waals surface area contributed by atoms with Gasteiger partial charge < -0.3 is 10.1 Å². The van der Waals surface area contributed by atoms with Gasteiger partial charge in [-0.1, -0.05) is 11.6 Å². The minimum Gasteiger partial charge on any atom is -0.464 e. The maximum atomic E-state index is 12.8. The van der Waals surface area contributed by atoms with Gasteiger partial charge in [-0.15, -0.1) is 0 Å². The van der Waals surface area contributed by atoms with Gasteiger partial charge in [0.05, 0.1) is 6.61 Å². The Hall–Kier alpha value is -1.42. The van der Waals surface area contributed by atoms with E-state index in [-0.39, 0.29) is 12.4 Å². The third-order valence-electron chi connectivity index (χ3n) is 2.53. The van der Waals surface area contributed by atoms with Gasteiger partial charge in [0, 0.05) is 12.8 Å². The molecule has 0 aliphatic rings. The highest BCUT2D eigenvalue weighted by atomic mass is 35.5. The van der Waals surface area contributed by atoms with Crippen LogP contribution in [0.2, 0.25) is 5.02 Å². The number of carbonyl (C=O) groups is 2. The van der Waals surface area contributed by atoms with Crippen LogP contribution in [0.15, 0.2) is 0 Å². The molecule has 1 rings (SSSR count). The molecule has 1 amide bonds. The lowest BCUT2D eigenvalue weighted by atomic mass is 10.3.